The number of anilines is 1. The van der Waals surface area contributed by atoms with Crippen molar-refractivity contribution < 1.29 is 9.53 Å². The van der Waals surface area contributed by atoms with E-state index in [0.717, 1.165) is 38.1 Å². The fraction of sp³-hybridized carbons (Fsp3) is 0.435. The molecule has 0 radical (unpaired) electrons. The molecular weight excluding hydrogens is 336 g/mol. The third-order valence-electron chi connectivity index (χ3n) is 5.34. The molecule has 2 fully saturated rings. The Bertz CT molecular complexity index is 752. The van der Waals surface area contributed by atoms with Crippen molar-refractivity contribution in [2.75, 3.05) is 25.0 Å². The van der Waals surface area contributed by atoms with Gasteiger partial charge in [-0.1, -0.05) is 42.5 Å². The Morgan fingerprint density at radius 3 is 2.56 bits per heavy atom. The van der Waals surface area contributed by atoms with Crippen molar-refractivity contribution in [3.05, 3.63) is 65.7 Å². The van der Waals surface area contributed by atoms with Gasteiger partial charge >= 0.3 is 6.03 Å². The minimum Gasteiger partial charge on any atom is -0.376 e. The van der Waals surface area contributed by atoms with E-state index < -0.39 is 0 Å². The number of nitrogens with one attached hydrogen (secondary N) is 1. The van der Waals surface area contributed by atoms with Crippen LogP contribution in [0.4, 0.5) is 10.5 Å². The van der Waals surface area contributed by atoms with Gasteiger partial charge in [-0.3, -0.25) is 0 Å². The molecule has 1 aliphatic carbocycles. The summed E-state index contributed by atoms with van der Waals surface area (Å²) in [5, 5.41) is 3.11. The van der Waals surface area contributed by atoms with Crippen molar-refractivity contribution in [1.29, 1.82) is 0 Å². The number of amides is 2. The summed E-state index contributed by atoms with van der Waals surface area (Å²) in [5.41, 5.74) is 3.34. The van der Waals surface area contributed by atoms with Gasteiger partial charge in [0.1, 0.15) is 0 Å². The van der Waals surface area contributed by atoms with Crippen LogP contribution in [-0.2, 0) is 11.2 Å². The average Bonchev–Trinajstić information content (AvgIpc) is 3.35. The summed E-state index contributed by atoms with van der Waals surface area (Å²) in [6.07, 6.45) is 5.70. The molecule has 1 saturated carbocycles. The van der Waals surface area contributed by atoms with E-state index in [-0.39, 0.29) is 12.1 Å². The van der Waals surface area contributed by atoms with Gasteiger partial charge in [0.25, 0.3) is 0 Å². The molecule has 27 heavy (non-hydrogen) atoms. The third-order valence-corrected chi connectivity index (χ3v) is 5.34. The molecule has 2 amide bonds. The molecule has 142 valence electrons. The number of nitrogens with zero attached hydrogens (tertiary/aromatic N) is 1. The first-order valence-electron chi connectivity index (χ1n) is 10.1. The van der Waals surface area contributed by atoms with Gasteiger partial charge in [0.2, 0.25) is 0 Å². The van der Waals surface area contributed by atoms with E-state index in [1.807, 2.05) is 23.1 Å². The van der Waals surface area contributed by atoms with Gasteiger partial charge < -0.3 is 15.0 Å². The summed E-state index contributed by atoms with van der Waals surface area (Å²) in [5.74, 6) is 0.668. The Labute approximate surface area is 161 Å². The topological polar surface area (TPSA) is 41.6 Å². The number of benzene rings is 2. The molecule has 1 atom stereocenters. The molecule has 0 unspecified atom stereocenters. The fourth-order valence-corrected chi connectivity index (χ4v) is 3.68. The van der Waals surface area contributed by atoms with Crippen LogP contribution in [-0.4, -0.2) is 36.7 Å². The van der Waals surface area contributed by atoms with Gasteiger partial charge in [-0.05, 0) is 61.3 Å². The molecule has 2 aromatic carbocycles. The highest BCUT2D eigenvalue weighted by atomic mass is 16.5. The largest absolute Gasteiger partial charge is 0.376 e. The average molecular weight is 364 g/mol. The minimum atomic E-state index is -0.00531. The monoisotopic (exact) mass is 364 g/mol. The van der Waals surface area contributed by atoms with Crippen molar-refractivity contribution in [3.63, 3.8) is 0 Å². The zero-order valence-electron chi connectivity index (χ0n) is 15.8. The lowest BCUT2D eigenvalue weighted by Gasteiger charge is -2.26. The SMILES string of the molecule is O=C(Nc1cccc(Cc2ccccc2)c1)N(CC1CC1)C[C@H]1CCCO1. The molecule has 2 aliphatic rings. The van der Waals surface area contributed by atoms with Gasteiger partial charge in [-0.2, -0.15) is 0 Å². The molecule has 4 heteroatoms. The predicted molar refractivity (Wildman–Crippen MR) is 108 cm³/mol. The highest BCUT2D eigenvalue weighted by Crippen LogP contribution is 2.30. The number of rotatable bonds is 7. The summed E-state index contributed by atoms with van der Waals surface area (Å²) in [6.45, 7) is 2.37. The van der Waals surface area contributed by atoms with E-state index >= 15 is 0 Å². The Morgan fingerprint density at radius 2 is 1.81 bits per heavy atom. The summed E-state index contributed by atoms with van der Waals surface area (Å²) in [4.78, 5) is 14.8. The number of hydrogen-bond donors (Lipinski definition) is 1. The summed E-state index contributed by atoms with van der Waals surface area (Å²) < 4.78 is 5.75. The van der Waals surface area contributed by atoms with Crippen LogP contribution in [0, 0.1) is 5.92 Å². The lowest BCUT2D eigenvalue weighted by atomic mass is 10.0. The first-order valence-corrected chi connectivity index (χ1v) is 10.1. The molecule has 0 aromatic heterocycles. The second-order valence-corrected chi connectivity index (χ2v) is 7.78. The van der Waals surface area contributed by atoms with E-state index in [2.05, 4.69) is 41.7 Å². The quantitative estimate of drug-likeness (QED) is 0.774. The van der Waals surface area contributed by atoms with E-state index in [1.54, 1.807) is 0 Å². The van der Waals surface area contributed by atoms with Gasteiger partial charge in [0.15, 0.2) is 0 Å². The van der Waals surface area contributed by atoms with Gasteiger partial charge in [-0.25, -0.2) is 4.79 Å². The highest BCUT2D eigenvalue weighted by molar-refractivity contribution is 5.89. The van der Waals surface area contributed by atoms with Crippen molar-refractivity contribution >= 4 is 11.7 Å². The normalized spacial score (nSPS) is 19.0. The van der Waals surface area contributed by atoms with Crippen LogP contribution in [0.15, 0.2) is 54.6 Å². The number of carbonyl (C=O) groups is 1. The molecule has 2 aromatic rings. The molecule has 1 heterocycles. The molecule has 0 spiro atoms. The van der Waals surface area contributed by atoms with Crippen LogP contribution < -0.4 is 5.32 Å². The predicted octanol–water partition coefficient (Wildman–Crippen LogP) is 4.70. The number of hydrogen-bond acceptors (Lipinski definition) is 2. The molecule has 4 nitrogen and oxygen atoms in total. The second-order valence-electron chi connectivity index (χ2n) is 7.78. The number of ether oxygens (including phenoxy) is 1. The van der Waals surface area contributed by atoms with Crippen LogP contribution in [0.5, 0.6) is 0 Å². The smallest absolute Gasteiger partial charge is 0.321 e. The molecule has 1 aliphatic heterocycles. The lowest BCUT2D eigenvalue weighted by molar-refractivity contribution is 0.0825. The van der Waals surface area contributed by atoms with Crippen LogP contribution in [0.1, 0.15) is 36.8 Å². The third kappa shape index (κ3) is 5.33. The van der Waals surface area contributed by atoms with Gasteiger partial charge in [0.05, 0.1) is 6.10 Å². The van der Waals surface area contributed by atoms with E-state index in [4.69, 9.17) is 4.74 Å². The molecular formula is C23H28N2O2. The van der Waals surface area contributed by atoms with E-state index in [9.17, 15) is 4.79 Å². The van der Waals surface area contributed by atoms with Crippen molar-refractivity contribution in [3.8, 4) is 0 Å². The van der Waals surface area contributed by atoms with E-state index in [1.165, 1.54) is 24.0 Å². The number of carbonyl (C=O) groups excluding carboxylic acids is 1. The highest BCUT2D eigenvalue weighted by Gasteiger charge is 2.29. The van der Waals surface area contributed by atoms with E-state index in [0.29, 0.717) is 12.5 Å². The lowest BCUT2D eigenvalue weighted by Crippen LogP contribution is -2.41. The molecule has 1 saturated heterocycles. The van der Waals surface area contributed by atoms with Gasteiger partial charge in [-0.15, -0.1) is 0 Å². The Morgan fingerprint density at radius 1 is 1.00 bits per heavy atom. The maximum absolute atomic E-state index is 12.9. The van der Waals surface area contributed by atoms with Gasteiger partial charge in [0, 0.05) is 25.4 Å². The minimum absolute atomic E-state index is 0.00531. The molecule has 4 rings (SSSR count). The standard InChI is InChI=1S/C23H28N2O2/c26-23(25(16-19-11-12-19)17-22-10-5-13-27-22)24-21-9-4-8-20(15-21)14-18-6-2-1-3-7-18/h1-4,6-9,15,19,22H,5,10-14,16-17H2,(H,24,26)/t22-/m1/s1. The Kier molecular flexibility index (Phi) is 5.73. The van der Waals surface area contributed by atoms with Crippen LogP contribution in [0.25, 0.3) is 0 Å². The molecule has 1 N–H and O–H groups in total. The second kappa shape index (κ2) is 8.57. The first kappa shape index (κ1) is 18.1. The van der Waals surface area contributed by atoms with Crippen LogP contribution in [0.3, 0.4) is 0 Å². The van der Waals surface area contributed by atoms with Crippen LogP contribution >= 0.6 is 0 Å². The Balaban J connectivity index is 1.39. The summed E-state index contributed by atoms with van der Waals surface area (Å²) in [7, 11) is 0. The van der Waals surface area contributed by atoms with Crippen molar-refractivity contribution in [2.45, 2.75) is 38.2 Å². The summed E-state index contributed by atoms with van der Waals surface area (Å²) in [6, 6.07) is 18.6. The maximum atomic E-state index is 12.9. The maximum Gasteiger partial charge on any atom is 0.321 e. The first-order chi connectivity index (χ1) is 13.3. The number of urea groups is 1. The fourth-order valence-electron chi connectivity index (χ4n) is 3.68. The summed E-state index contributed by atoms with van der Waals surface area (Å²) >= 11 is 0. The zero-order chi connectivity index (χ0) is 18.5. The van der Waals surface area contributed by atoms with Crippen molar-refractivity contribution in [2.24, 2.45) is 5.92 Å². The van der Waals surface area contributed by atoms with Crippen molar-refractivity contribution in [1.82, 2.24) is 4.90 Å². The molecule has 0 bridgehead atoms. The van der Waals surface area contributed by atoms with Crippen LogP contribution in [0.2, 0.25) is 0 Å². The zero-order valence-corrected chi connectivity index (χ0v) is 15.8. The Hall–Kier alpha value is -2.33.